The quantitative estimate of drug-likeness (QED) is 0.190. The SMILES string of the molecule is C=CC(=O)Oc1c(C)cc(C(c2cc(C)c(OC(=O)C=C)c(C)c2)c2ccc(C)cc2O)cc1C. The van der Waals surface area contributed by atoms with Crippen LogP contribution in [-0.2, 0) is 9.59 Å². The summed E-state index contributed by atoms with van der Waals surface area (Å²) in [6.07, 6.45) is 2.26. The summed E-state index contributed by atoms with van der Waals surface area (Å²) in [5.41, 5.74) is 6.68. The van der Waals surface area contributed by atoms with Crippen LogP contribution in [0.15, 0.2) is 67.8 Å². The lowest BCUT2D eigenvalue weighted by molar-refractivity contribution is -0.129. The fourth-order valence-electron chi connectivity index (χ4n) is 4.36. The zero-order valence-electron chi connectivity index (χ0n) is 20.8. The molecule has 0 aromatic heterocycles. The number of hydrogen-bond acceptors (Lipinski definition) is 5. The summed E-state index contributed by atoms with van der Waals surface area (Å²) >= 11 is 0. The molecule has 35 heavy (non-hydrogen) atoms. The Kier molecular flexibility index (Phi) is 7.60. The van der Waals surface area contributed by atoms with Crippen molar-refractivity contribution in [2.75, 3.05) is 0 Å². The zero-order chi connectivity index (χ0) is 25.9. The Morgan fingerprint density at radius 1 is 0.743 bits per heavy atom. The molecular weight excluding hydrogens is 440 g/mol. The second-order valence-electron chi connectivity index (χ2n) is 8.71. The maximum absolute atomic E-state index is 11.8. The van der Waals surface area contributed by atoms with E-state index in [0.717, 1.165) is 56.7 Å². The highest BCUT2D eigenvalue weighted by atomic mass is 16.5. The number of aromatic hydroxyl groups is 1. The first-order valence-corrected chi connectivity index (χ1v) is 11.3. The summed E-state index contributed by atoms with van der Waals surface area (Å²) < 4.78 is 10.9. The Morgan fingerprint density at radius 3 is 1.49 bits per heavy atom. The fraction of sp³-hybridized carbons (Fsp3) is 0.200. The Morgan fingerprint density at radius 2 is 1.14 bits per heavy atom. The molecule has 0 saturated carbocycles. The molecule has 3 aromatic rings. The Hall–Kier alpha value is -4.12. The zero-order valence-corrected chi connectivity index (χ0v) is 20.8. The molecule has 0 atom stereocenters. The molecule has 180 valence electrons. The summed E-state index contributed by atoms with van der Waals surface area (Å²) in [5, 5.41) is 10.9. The lowest BCUT2D eigenvalue weighted by atomic mass is 9.82. The monoisotopic (exact) mass is 470 g/mol. The average molecular weight is 471 g/mol. The maximum atomic E-state index is 11.8. The van der Waals surface area contributed by atoms with E-state index in [9.17, 15) is 14.7 Å². The van der Waals surface area contributed by atoms with Crippen molar-refractivity contribution in [2.24, 2.45) is 0 Å². The van der Waals surface area contributed by atoms with E-state index in [2.05, 4.69) is 13.2 Å². The lowest BCUT2D eigenvalue weighted by Gasteiger charge is -2.24. The van der Waals surface area contributed by atoms with E-state index in [1.807, 2.05) is 71.0 Å². The van der Waals surface area contributed by atoms with Gasteiger partial charge in [-0.05, 0) is 79.6 Å². The molecule has 0 radical (unpaired) electrons. The van der Waals surface area contributed by atoms with E-state index < -0.39 is 11.9 Å². The molecule has 0 fully saturated rings. The van der Waals surface area contributed by atoms with Crippen LogP contribution in [0.2, 0.25) is 0 Å². The van der Waals surface area contributed by atoms with Gasteiger partial charge in [-0.15, -0.1) is 0 Å². The minimum absolute atomic E-state index is 0.185. The van der Waals surface area contributed by atoms with Gasteiger partial charge in [0, 0.05) is 23.6 Å². The number of ether oxygens (including phenoxy) is 2. The van der Waals surface area contributed by atoms with Crippen molar-refractivity contribution >= 4 is 11.9 Å². The van der Waals surface area contributed by atoms with Crippen LogP contribution in [0.5, 0.6) is 17.2 Å². The Bertz CT molecular complexity index is 1210. The van der Waals surface area contributed by atoms with Crippen LogP contribution in [0.1, 0.15) is 50.4 Å². The second-order valence-corrected chi connectivity index (χ2v) is 8.71. The largest absolute Gasteiger partial charge is 0.508 e. The van der Waals surface area contributed by atoms with Crippen LogP contribution in [0, 0.1) is 34.6 Å². The Labute approximate surface area is 206 Å². The van der Waals surface area contributed by atoms with Crippen molar-refractivity contribution in [2.45, 2.75) is 40.5 Å². The smallest absolute Gasteiger partial charge is 0.335 e. The van der Waals surface area contributed by atoms with E-state index in [1.54, 1.807) is 6.07 Å². The molecule has 1 N–H and O–H groups in total. The van der Waals surface area contributed by atoms with Gasteiger partial charge in [0.15, 0.2) is 0 Å². The molecule has 0 aliphatic heterocycles. The highest BCUT2D eigenvalue weighted by molar-refractivity contribution is 5.84. The number of carbonyl (C=O) groups excluding carboxylic acids is 2. The van der Waals surface area contributed by atoms with Crippen LogP contribution in [-0.4, -0.2) is 17.0 Å². The van der Waals surface area contributed by atoms with Gasteiger partial charge in [-0.1, -0.05) is 49.6 Å². The Balaban J connectivity index is 2.22. The second kappa shape index (κ2) is 10.4. The number of carbonyl (C=O) groups is 2. The normalized spacial score (nSPS) is 10.7. The minimum Gasteiger partial charge on any atom is -0.508 e. The molecule has 5 nitrogen and oxygen atoms in total. The van der Waals surface area contributed by atoms with Gasteiger partial charge in [0.2, 0.25) is 0 Å². The first-order chi connectivity index (χ1) is 16.5. The number of phenolic OH excluding ortho intramolecular Hbond substituents is 1. The molecule has 0 unspecified atom stereocenters. The summed E-state index contributed by atoms with van der Waals surface area (Å²) in [5.74, 6) is -0.196. The average Bonchev–Trinajstić information content (AvgIpc) is 2.80. The van der Waals surface area contributed by atoms with Gasteiger partial charge in [0.05, 0.1) is 0 Å². The highest BCUT2D eigenvalue weighted by Crippen LogP contribution is 2.41. The highest BCUT2D eigenvalue weighted by Gasteiger charge is 2.24. The van der Waals surface area contributed by atoms with Crippen LogP contribution >= 0.6 is 0 Å². The first-order valence-electron chi connectivity index (χ1n) is 11.3. The van der Waals surface area contributed by atoms with Crippen LogP contribution in [0.4, 0.5) is 0 Å². The number of rotatable bonds is 7. The van der Waals surface area contributed by atoms with Gasteiger partial charge in [-0.3, -0.25) is 0 Å². The summed E-state index contributed by atoms with van der Waals surface area (Å²) in [6.45, 7) is 16.4. The number of hydrogen-bond donors (Lipinski definition) is 1. The third-order valence-corrected chi connectivity index (χ3v) is 5.87. The molecule has 3 rings (SSSR count). The predicted octanol–water partition coefficient (Wildman–Crippen LogP) is 6.30. The predicted molar refractivity (Wildman–Crippen MR) is 137 cm³/mol. The molecule has 0 amide bonds. The fourth-order valence-corrected chi connectivity index (χ4v) is 4.36. The summed E-state index contributed by atoms with van der Waals surface area (Å²) in [6, 6.07) is 13.4. The van der Waals surface area contributed by atoms with Crippen molar-refractivity contribution < 1.29 is 24.2 Å². The molecular formula is C30H30O5. The topological polar surface area (TPSA) is 72.8 Å². The number of benzene rings is 3. The number of aryl methyl sites for hydroxylation is 5. The number of esters is 2. The molecule has 0 heterocycles. The van der Waals surface area contributed by atoms with Crippen molar-refractivity contribution in [3.05, 3.63) is 112 Å². The van der Waals surface area contributed by atoms with Gasteiger partial charge in [0.1, 0.15) is 17.2 Å². The molecule has 3 aromatic carbocycles. The van der Waals surface area contributed by atoms with Gasteiger partial charge < -0.3 is 14.6 Å². The van der Waals surface area contributed by atoms with Crippen LogP contribution in [0.25, 0.3) is 0 Å². The van der Waals surface area contributed by atoms with Crippen LogP contribution in [0.3, 0.4) is 0 Å². The summed E-state index contributed by atoms with van der Waals surface area (Å²) in [4.78, 5) is 23.6. The lowest BCUT2D eigenvalue weighted by Crippen LogP contribution is -2.10. The van der Waals surface area contributed by atoms with E-state index in [-0.39, 0.29) is 11.7 Å². The molecule has 0 bridgehead atoms. The third kappa shape index (κ3) is 5.52. The third-order valence-electron chi connectivity index (χ3n) is 5.87. The molecule has 0 saturated heterocycles. The molecule has 0 spiro atoms. The van der Waals surface area contributed by atoms with Gasteiger partial charge in [-0.25, -0.2) is 9.59 Å². The number of phenols is 1. The van der Waals surface area contributed by atoms with Gasteiger partial charge in [0.25, 0.3) is 0 Å². The minimum atomic E-state index is -0.521. The van der Waals surface area contributed by atoms with E-state index in [4.69, 9.17) is 9.47 Å². The van der Waals surface area contributed by atoms with Crippen molar-refractivity contribution in [1.82, 2.24) is 0 Å². The maximum Gasteiger partial charge on any atom is 0.335 e. The van der Waals surface area contributed by atoms with E-state index in [1.165, 1.54) is 0 Å². The molecule has 0 aliphatic carbocycles. The van der Waals surface area contributed by atoms with Gasteiger partial charge in [-0.2, -0.15) is 0 Å². The van der Waals surface area contributed by atoms with Gasteiger partial charge >= 0.3 is 11.9 Å². The van der Waals surface area contributed by atoms with E-state index >= 15 is 0 Å². The molecule has 0 aliphatic rings. The summed E-state index contributed by atoms with van der Waals surface area (Å²) in [7, 11) is 0. The van der Waals surface area contributed by atoms with Crippen LogP contribution < -0.4 is 9.47 Å². The molecule has 5 heteroatoms. The van der Waals surface area contributed by atoms with Crippen molar-refractivity contribution in [1.29, 1.82) is 0 Å². The standard InChI is InChI=1S/C30H30O5/c1-8-26(32)34-29-18(4)13-22(14-19(29)5)28(24-11-10-17(3)12-25(24)31)23-15-20(6)30(21(7)16-23)35-27(33)9-2/h8-16,28,31H,1-2H2,3-7H3. The first kappa shape index (κ1) is 25.5. The van der Waals surface area contributed by atoms with E-state index in [0.29, 0.717) is 11.5 Å². The van der Waals surface area contributed by atoms with Crippen molar-refractivity contribution in [3.63, 3.8) is 0 Å². The van der Waals surface area contributed by atoms with Crippen molar-refractivity contribution in [3.8, 4) is 17.2 Å².